The lowest BCUT2D eigenvalue weighted by Gasteiger charge is -2.28. The van der Waals surface area contributed by atoms with Crippen LogP contribution in [0, 0.1) is 0 Å². The molecule has 6 nitrogen and oxygen atoms in total. The summed E-state index contributed by atoms with van der Waals surface area (Å²) in [6, 6.07) is 1.63. The van der Waals surface area contributed by atoms with Crippen molar-refractivity contribution in [2.75, 3.05) is 38.4 Å². The van der Waals surface area contributed by atoms with Gasteiger partial charge in [0, 0.05) is 12.7 Å². The Morgan fingerprint density at radius 2 is 2.17 bits per heavy atom. The van der Waals surface area contributed by atoms with Gasteiger partial charge in [0.25, 0.3) is 0 Å². The molecule has 1 aromatic rings. The summed E-state index contributed by atoms with van der Waals surface area (Å²) >= 11 is 0. The maximum Gasteiger partial charge on any atom is 0.190 e. The van der Waals surface area contributed by atoms with E-state index in [1.54, 1.807) is 6.07 Å². The Morgan fingerprint density at radius 1 is 1.39 bits per heavy atom. The number of ether oxygens (including phenoxy) is 4. The van der Waals surface area contributed by atoms with Crippen molar-refractivity contribution in [3.8, 4) is 17.2 Å². The second-order valence-electron chi connectivity index (χ2n) is 3.95. The highest BCUT2D eigenvalue weighted by Gasteiger charge is 2.27. The van der Waals surface area contributed by atoms with E-state index < -0.39 is 0 Å². The fourth-order valence-electron chi connectivity index (χ4n) is 1.79. The summed E-state index contributed by atoms with van der Waals surface area (Å²) in [4.78, 5) is 0. The summed E-state index contributed by atoms with van der Waals surface area (Å²) in [6.07, 6.45) is -0.189. The van der Waals surface area contributed by atoms with Crippen molar-refractivity contribution >= 4 is 11.4 Å². The van der Waals surface area contributed by atoms with Gasteiger partial charge in [0.15, 0.2) is 17.6 Å². The van der Waals surface area contributed by atoms with Crippen LogP contribution in [-0.2, 0) is 4.74 Å². The number of hydrogen-bond acceptors (Lipinski definition) is 6. The fourth-order valence-corrected chi connectivity index (χ4v) is 1.79. The maximum atomic E-state index is 5.95. The third-order valence-corrected chi connectivity index (χ3v) is 2.69. The van der Waals surface area contributed by atoms with E-state index in [4.69, 9.17) is 30.4 Å². The molecule has 100 valence electrons. The van der Waals surface area contributed by atoms with Gasteiger partial charge in [0.05, 0.1) is 19.4 Å². The van der Waals surface area contributed by atoms with E-state index in [9.17, 15) is 0 Å². The lowest BCUT2D eigenvalue weighted by Crippen LogP contribution is -2.34. The molecule has 0 saturated heterocycles. The normalized spacial score (nSPS) is 17.6. The van der Waals surface area contributed by atoms with Crippen molar-refractivity contribution in [2.24, 2.45) is 0 Å². The highest BCUT2D eigenvalue weighted by atomic mass is 16.6. The van der Waals surface area contributed by atoms with Gasteiger partial charge >= 0.3 is 0 Å². The number of benzene rings is 1. The van der Waals surface area contributed by atoms with Crippen LogP contribution in [-0.4, -0.2) is 33.0 Å². The average molecular weight is 254 g/mol. The minimum atomic E-state index is -0.189. The zero-order chi connectivity index (χ0) is 13.1. The van der Waals surface area contributed by atoms with Gasteiger partial charge in [0.2, 0.25) is 0 Å². The molecule has 4 N–H and O–H groups in total. The summed E-state index contributed by atoms with van der Waals surface area (Å²) < 4.78 is 21.8. The first-order valence-electron chi connectivity index (χ1n) is 5.80. The molecule has 1 aliphatic heterocycles. The standard InChI is InChI=1S/C12H18N2O4/c1-3-16-5-7-6-17-11-8(13)4-9(15-2)10(14)12(11)18-7/h4,7H,3,5-6,13-14H2,1-2H3. The molecule has 0 amide bonds. The number of hydrogen-bond donors (Lipinski definition) is 2. The van der Waals surface area contributed by atoms with E-state index >= 15 is 0 Å². The highest BCUT2D eigenvalue weighted by Crippen LogP contribution is 2.46. The SMILES string of the molecule is CCOCC1COc2c(N)cc(OC)c(N)c2O1. The molecule has 0 saturated carbocycles. The van der Waals surface area contributed by atoms with Gasteiger partial charge in [-0.15, -0.1) is 0 Å². The predicted molar refractivity (Wildman–Crippen MR) is 68.2 cm³/mol. The fraction of sp³-hybridized carbons (Fsp3) is 0.500. The van der Waals surface area contributed by atoms with Crippen LogP contribution < -0.4 is 25.7 Å². The molecule has 1 aliphatic rings. The van der Waals surface area contributed by atoms with Crippen LogP contribution in [0.5, 0.6) is 17.2 Å². The number of nitrogen functional groups attached to an aromatic ring is 2. The Bertz CT molecular complexity index is 437. The van der Waals surface area contributed by atoms with Crippen LogP contribution in [0.2, 0.25) is 0 Å². The van der Waals surface area contributed by atoms with E-state index in [-0.39, 0.29) is 6.10 Å². The Labute approximate surface area is 106 Å². The first kappa shape index (κ1) is 12.6. The summed E-state index contributed by atoms with van der Waals surface area (Å²) in [5.74, 6) is 1.38. The van der Waals surface area contributed by atoms with E-state index in [0.29, 0.717) is 48.4 Å². The highest BCUT2D eigenvalue weighted by molar-refractivity contribution is 5.77. The number of nitrogens with two attached hydrogens (primary N) is 2. The number of methoxy groups -OCH3 is 1. The number of rotatable bonds is 4. The van der Waals surface area contributed by atoms with E-state index in [0.717, 1.165) is 0 Å². The minimum Gasteiger partial charge on any atom is -0.494 e. The molecule has 1 atom stereocenters. The lowest BCUT2D eigenvalue weighted by atomic mass is 10.2. The van der Waals surface area contributed by atoms with Crippen LogP contribution in [0.25, 0.3) is 0 Å². The molecule has 18 heavy (non-hydrogen) atoms. The van der Waals surface area contributed by atoms with Gasteiger partial charge in [-0.2, -0.15) is 0 Å². The monoisotopic (exact) mass is 254 g/mol. The molecule has 0 aromatic heterocycles. The second kappa shape index (κ2) is 5.22. The molecule has 0 bridgehead atoms. The maximum absolute atomic E-state index is 5.95. The molecule has 0 radical (unpaired) electrons. The Hall–Kier alpha value is -1.82. The first-order chi connectivity index (χ1) is 8.67. The van der Waals surface area contributed by atoms with Crippen LogP contribution in [0.1, 0.15) is 6.92 Å². The number of fused-ring (bicyclic) bond motifs is 1. The minimum absolute atomic E-state index is 0.189. The molecule has 2 rings (SSSR count). The lowest BCUT2D eigenvalue weighted by molar-refractivity contribution is 0.0135. The van der Waals surface area contributed by atoms with Crippen molar-refractivity contribution in [3.63, 3.8) is 0 Å². The molecule has 1 aromatic carbocycles. The van der Waals surface area contributed by atoms with Gasteiger partial charge in [-0.05, 0) is 6.92 Å². The largest absolute Gasteiger partial charge is 0.494 e. The molecule has 0 fully saturated rings. The van der Waals surface area contributed by atoms with E-state index in [1.807, 2.05) is 6.92 Å². The van der Waals surface area contributed by atoms with E-state index in [2.05, 4.69) is 0 Å². The van der Waals surface area contributed by atoms with Crippen LogP contribution >= 0.6 is 0 Å². The van der Waals surface area contributed by atoms with Crippen molar-refractivity contribution in [1.29, 1.82) is 0 Å². The zero-order valence-corrected chi connectivity index (χ0v) is 10.6. The smallest absolute Gasteiger partial charge is 0.190 e. The van der Waals surface area contributed by atoms with Crippen molar-refractivity contribution in [2.45, 2.75) is 13.0 Å². The second-order valence-corrected chi connectivity index (χ2v) is 3.95. The molecule has 1 heterocycles. The van der Waals surface area contributed by atoms with Crippen molar-refractivity contribution in [3.05, 3.63) is 6.07 Å². The van der Waals surface area contributed by atoms with Gasteiger partial charge in [-0.1, -0.05) is 0 Å². The molecular formula is C12H18N2O4. The van der Waals surface area contributed by atoms with E-state index in [1.165, 1.54) is 7.11 Å². The van der Waals surface area contributed by atoms with Gasteiger partial charge < -0.3 is 30.4 Å². The third-order valence-electron chi connectivity index (χ3n) is 2.69. The molecule has 6 heteroatoms. The van der Waals surface area contributed by atoms with Crippen LogP contribution in [0.3, 0.4) is 0 Å². The van der Waals surface area contributed by atoms with Gasteiger partial charge in [-0.3, -0.25) is 0 Å². The van der Waals surface area contributed by atoms with Gasteiger partial charge in [-0.25, -0.2) is 0 Å². The van der Waals surface area contributed by atoms with Crippen molar-refractivity contribution < 1.29 is 18.9 Å². The summed E-state index contributed by atoms with van der Waals surface area (Å²) in [5, 5.41) is 0. The quantitative estimate of drug-likeness (QED) is 0.780. The first-order valence-corrected chi connectivity index (χ1v) is 5.80. The zero-order valence-electron chi connectivity index (χ0n) is 10.6. The Morgan fingerprint density at radius 3 is 2.83 bits per heavy atom. The molecule has 1 unspecified atom stereocenters. The molecule has 0 spiro atoms. The average Bonchev–Trinajstić information content (AvgIpc) is 2.40. The van der Waals surface area contributed by atoms with Gasteiger partial charge in [0.1, 0.15) is 18.0 Å². The topological polar surface area (TPSA) is 89.0 Å². The summed E-state index contributed by atoms with van der Waals surface area (Å²) in [6.45, 7) is 3.39. The van der Waals surface area contributed by atoms with Crippen molar-refractivity contribution in [1.82, 2.24) is 0 Å². The Balaban J connectivity index is 2.27. The molecule has 0 aliphatic carbocycles. The third kappa shape index (κ3) is 2.24. The van der Waals surface area contributed by atoms with Crippen LogP contribution in [0.4, 0.5) is 11.4 Å². The molecular weight excluding hydrogens is 236 g/mol. The van der Waals surface area contributed by atoms with Crippen LogP contribution in [0.15, 0.2) is 6.07 Å². The number of anilines is 2. The summed E-state index contributed by atoms with van der Waals surface area (Å²) in [7, 11) is 1.53. The Kier molecular flexibility index (Phi) is 3.66. The predicted octanol–water partition coefficient (Wildman–Crippen LogP) is 1.04. The summed E-state index contributed by atoms with van der Waals surface area (Å²) in [5.41, 5.74) is 12.6.